The Kier molecular flexibility index (Phi) is 3.26. The predicted octanol–water partition coefficient (Wildman–Crippen LogP) is 1.76. The predicted molar refractivity (Wildman–Crippen MR) is 88.1 cm³/mol. The van der Waals surface area contributed by atoms with Crippen molar-refractivity contribution >= 4 is 11.9 Å². The molecular weight excluding hydrogens is 320 g/mol. The summed E-state index contributed by atoms with van der Waals surface area (Å²) in [6.45, 7) is 1.61. The zero-order valence-electron chi connectivity index (χ0n) is 14.4. The molecule has 0 amide bonds. The SMILES string of the molecule is COC(=O)C1=C(C(=O)OC)[C@@H]2C=C[C@H]1[C@H]1[C@H]3C=C[C@H]([C@@H]4COC[C@H]34)[C@H]12. The monoisotopic (exact) mass is 342 g/mol. The molecule has 0 unspecified atom stereocenters. The highest BCUT2D eigenvalue weighted by molar-refractivity contribution is 6.02. The molecule has 7 aliphatic rings. The topological polar surface area (TPSA) is 61.8 Å². The third-order valence-corrected chi connectivity index (χ3v) is 7.17. The van der Waals surface area contributed by atoms with Gasteiger partial charge in [0.2, 0.25) is 0 Å². The lowest BCUT2D eigenvalue weighted by Crippen LogP contribution is -2.57. The van der Waals surface area contributed by atoms with Crippen LogP contribution in [0.2, 0.25) is 0 Å². The van der Waals surface area contributed by atoms with Gasteiger partial charge in [-0.2, -0.15) is 0 Å². The number of rotatable bonds is 2. The van der Waals surface area contributed by atoms with Crippen LogP contribution in [0.5, 0.6) is 0 Å². The van der Waals surface area contributed by atoms with Crippen LogP contribution in [0.3, 0.4) is 0 Å². The first kappa shape index (κ1) is 15.4. The quantitative estimate of drug-likeness (QED) is 0.565. The summed E-state index contributed by atoms with van der Waals surface area (Å²) in [7, 11) is 2.75. The summed E-state index contributed by atoms with van der Waals surface area (Å²) in [4.78, 5) is 25.1. The Hall–Kier alpha value is -1.88. The van der Waals surface area contributed by atoms with E-state index in [0.29, 0.717) is 46.7 Å². The van der Waals surface area contributed by atoms with Gasteiger partial charge in [-0.3, -0.25) is 0 Å². The lowest BCUT2D eigenvalue weighted by molar-refractivity contribution is -0.142. The first-order chi connectivity index (χ1) is 12.2. The number of carbonyl (C=O) groups excluding carboxylic acids is 2. The molecular formula is C20H22O5. The average Bonchev–Trinajstić information content (AvgIpc) is 3.18. The molecule has 0 aromatic heterocycles. The fourth-order valence-electron chi connectivity index (χ4n) is 6.37. The summed E-state index contributed by atoms with van der Waals surface area (Å²) in [5, 5.41) is 0. The number of esters is 2. The second-order valence-corrected chi connectivity index (χ2v) is 7.81. The van der Waals surface area contributed by atoms with Gasteiger partial charge in [-0.15, -0.1) is 0 Å². The number of ether oxygens (including phenoxy) is 3. The maximum absolute atomic E-state index is 12.5. The molecule has 5 heteroatoms. The van der Waals surface area contributed by atoms with Crippen LogP contribution < -0.4 is 0 Å². The summed E-state index contributed by atoms with van der Waals surface area (Å²) in [6.07, 6.45) is 8.90. The van der Waals surface area contributed by atoms with Crippen molar-refractivity contribution in [3.8, 4) is 0 Å². The molecule has 0 aromatic rings. The van der Waals surface area contributed by atoms with Gasteiger partial charge in [0.25, 0.3) is 0 Å². The molecule has 4 bridgehead atoms. The van der Waals surface area contributed by atoms with E-state index in [4.69, 9.17) is 14.2 Å². The van der Waals surface area contributed by atoms with Gasteiger partial charge in [0.1, 0.15) is 0 Å². The van der Waals surface area contributed by atoms with Crippen LogP contribution in [0.25, 0.3) is 0 Å². The van der Waals surface area contributed by atoms with E-state index in [9.17, 15) is 9.59 Å². The molecule has 132 valence electrons. The first-order valence-corrected chi connectivity index (χ1v) is 9.02. The number of hydrogen-bond acceptors (Lipinski definition) is 5. The zero-order chi connectivity index (χ0) is 17.3. The zero-order valence-corrected chi connectivity index (χ0v) is 14.4. The molecule has 6 aliphatic carbocycles. The van der Waals surface area contributed by atoms with Gasteiger partial charge in [-0.05, 0) is 35.5 Å². The maximum atomic E-state index is 12.5. The standard InChI is InChI=1S/C20H22O5/c1-23-19(21)17-11-5-6-12(18(17)20(22)24-2)16-10-4-3-9(15(11)16)13-7-25-8-14(10)13/h3-6,9-16H,7-8H2,1-2H3/t9-,10+,11-,12+,13+,14-,15+,16-. The van der Waals surface area contributed by atoms with E-state index in [2.05, 4.69) is 24.3 Å². The minimum absolute atomic E-state index is 0.0736. The molecule has 1 aliphatic heterocycles. The van der Waals surface area contributed by atoms with Crippen molar-refractivity contribution < 1.29 is 23.8 Å². The van der Waals surface area contributed by atoms with Gasteiger partial charge in [-0.25, -0.2) is 9.59 Å². The Morgan fingerprint density at radius 1 is 0.840 bits per heavy atom. The van der Waals surface area contributed by atoms with E-state index in [1.807, 2.05) is 0 Å². The minimum atomic E-state index is -0.400. The molecule has 0 spiro atoms. The van der Waals surface area contributed by atoms with E-state index in [1.165, 1.54) is 14.2 Å². The Balaban J connectivity index is 1.66. The number of hydrogen-bond donors (Lipinski definition) is 0. The molecule has 7 rings (SSSR count). The van der Waals surface area contributed by atoms with E-state index < -0.39 is 11.9 Å². The highest BCUT2D eigenvalue weighted by atomic mass is 16.5. The Labute approximate surface area is 146 Å². The summed E-state index contributed by atoms with van der Waals surface area (Å²) in [6, 6.07) is 0. The summed E-state index contributed by atoms with van der Waals surface area (Å²) < 4.78 is 15.9. The summed E-state index contributed by atoms with van der Waals surface area (Å²) >= 11 is 0. The van der Waals surface area contributed by atoms with Crippen molar-refractivity contribution in [2.24, 2.45) is 47.3 Å². The van der Waals surface area contributed by atoms with Gasteiger partial charge in [0.05, 0.1) is 38.6 Å². The smallest absolute Gasteiger partial charge is 0.334 e. The molecule has 8 atom stereocenters. The largest absolute Gasteiger partial charge is 0.466 e. The third-order valence-electron chi connectivity index (χ3n) is 7.17. The Morgan fingerprint density at radius 2 is 1.28 bits per heavy atom. The molecule has 1 heterocycles. The third kappa shape index (κ3) is 1.82. The number of carbonyl (C=O) groups is 2. The van der Waals surface area contributed by atoms with Crippen LogP contribution in [0.15, 0.2) is 35.5 Å². The molecule has 1 saturated carbocycles. The van der Waals surface area contributed by atoms with Gasteiger partial charge in [0, 0.05) is 11.8 Å². The molecule has 25 heavy (non-hydrogen) atoms. The van der Waals surface area contributed by atoms with E-state index in [0.717, 1.165) is 13.2 Å². The summed E-state index contributed by atoms with van der Waals surface area (Å²) in [5.41, 5.74) is 1.03. The molecule has 5 nitrogen and oxygen atoms in total. The second kappa shape index (κ2) is 5.31. The highest BCUT2D eigenvalue weighted by Gasteiger charge is 2.62. The maximum Gasteiger partial charge on any atom is 0.334 e. The van der Waals surface area contributed by atoms with Crippen molar-refractivity contribution in [3.05, 3.63) is 35.5 Å². The normalized spacial score (nSPS) is 45.4. The van der Waals surface area contributed by atoms with Gasteiger partial charge >= 0.3 is 11.9 Å². The van der Waals surface area contributed by atoms with Gasteiger partial charge in [-0.1, -0.05) is 24.3 Å². The molecule has 2 fully saturated rings. The molecule has 0 N–H and O–H groups in total. The Morgan fingerprint density at radius 3 is 1.68 bits per heavy atom. The Bertz CT molecular complexity index is 674. The van der Waals surface area contributed by atoms with Gasteiger partial charge in [0.15, 0.2) is 0 Å². The number of allylic oxidation sites excluding steroid dienone is 4. The van der Waals surface area contributed by atoms with Crippen molar-refractivity contribution in [1.29, 1.82) is 0 Å². The van der Waals surface area contributed by atoms with Gasteiger partial charge < -0.3 is 14.2 Å². The molecule has 1 saturated heterocycles. The second-order valence-electron chi connectivity index (χ2n) is 7.81. The van der Waals surface area contributed by atoms with Crippen LogP contribution in [0.1, 0.15) is 0 Å². The summed E-state index contributed by atoms with van der Waals surface area (Å²) in [5.74, 6) is 1.61. The number of methoxy groups -OCH3 is 2. The lowest BCUT2D eigenvalue weighted by Gasteiger charge is -2.59. The fraction of sp³-hybridized carbons (Fsp3) is 0.600. The van der Waals surface area contributed by atoms with Crippen LogP contribution in [0, 0.1) is 47.3 Å². The molecule has 0 aromatic carbocycles. The van der Waals surface area contributed by atoms with Crippen molar-refractivity contribution in [1.82, 2.24) is 0 Å². The van der Waals surface area contributed by atoms with Crippen molar-refractivity contribution in [2.45, 2.75) is 0 Å². The van der Waals surface area contributed by atoms with Crippen LogP contribution in [0.4, 0.5) is 0 Å². The van der Waals surface area contributed by atoms with Crippen molar-refractivity contribution in [3.63, 3.8) is 0 Å². The van der Waals surface area contributed by atoms with E-state index in [-0.39, 0.29) is 11.8 Å². The van der Waals surface area contributed by atoms with Crippen molar-refractivity contribution in [2.75, 3.05) is 27.4 Å². The van der Waals surface area contributed by atoms with Crippen LogP contribution >= 0.6 is 0 Å². The minimum Gasteiger partial charge on any atom is -0.466 e. The molecule has 0 radical (unpaired) electrons. The van der Waals surface area contributed by atoms with E-state index in [1.54, 1.807) is 0 Å². The fourth-order valence-corrected chi connectivity index (χ4v) is 6.37. The average molecular weight is 342 g/mol. The highest BCUT2D eigenvalue weighted by Crippen LogP contribution is 2.64. The lowest BCUT2D eigenvalue weighted by atomic mass is 9.44. The van der Waals surface area contributed by atoms with E-state index >= 15 is 0 Å². The van der Waals surface area contributed by atoms with Crippen LogP contribution in [-0.2, 0) is 23.8 Å². The first-order valence-electron chi connectivity index (χ1n) is 9.02. The van der Waals surface area contributed by atoms with Crippen LogP contribution in [-0.4, -0.2) is 39.4 Å².